The third kappa shape index (κ3) is 2.78. The van der Waals surface area contributed by atoms with E-state index in [-0.39, 0.29) is 17.4 Å². The number of aliphatic hydroxyl groups is 1. The second-order valence-electron chi connectivity index (χ2n) is 7.08. The van der Waals surface area contributed by atoms with Crippen molar-refractivity contribution in [3.63, 3.8) is 0 Å². The molecule has 0 radical (unpaired) electrons. The summed E-state index contributed by atoms with van der Waals surface area (Å²) in [6.07, 6.45) is 5.23. The zero-order valence-electron chi connectivity index (χ0n) is 13.2. The highest BCUT2D eigenvalue weighted by atomic mass is 127. The standard InChI is InChI=1S/C19H23IO2/c1-12-16-7-6-14(10-13-4-3-5-15(20)11-13)18(22)19(16,2)9-8-17(12)21/h3-5,10-12,16-17,21H,6-9H2,1-2H3/t12-,16?,17?,19-/m0/s1. The average Bonchev–Trinajstić information content (AvgIpc) is 2.48. The van der Waals surface area contributed by atoms with Crippen LogP contribution in [0.15, 0.2) is 29.8 Å². The van der Waals surface area contributed by atoms with Crippen molar-refractivity contribution in [3.05, 3.63) is 39.0 Å². The number of carbonyl (C=O) groups is 1. The molecule has 1 N–H and O–H groups in total. The van der Waals surface area contributed by atoms with Crippen LogP contribution in [0.2, 0.25) is 0 Å². The maximum Gasteiger partial charge on any atom is 0.165 e. The highest BCUT2D eigenvalue weighted by molar-refractivity contribution is 14.1. The summed E-state index contributed by atoms with van der Waals surface area (Å²) in [4.78, 5) is 13.1. The van der Waals surface area contributed by atoms with E-state index in [2.05, 4.69) is 60.7 Å². The van der Waals surface area contributed by atoms with Gasteiger partial charge in [-0.15, -0.1) is 0 Å². The number of aliphatic hydroxyl groups excluding tert-OH is 1. The third-order valence-electron chi connectivity index (χ3n) is 5.74. The summed E-state index contributed by atoms with van der Waals surface area (Å²) in [7, 11) is 0. The molecule has 0 spiro atoms. The Labute approximate surface area is 146 Å². The molecule has 0 amide bonds. The number of allylic oxidation sites excluding steroid dienone is 1. The zero-order valence-corrected chi connectivity index (χ0v) is 15.3. The fraction of sp³-hybridized carbons (Fsp3) is 0.526. The number of hydrogen-bond donors (Lipinski definition) is 1. The van der Waals surface area contributed by atoms with Crippen LogP contribution in [0.5, 0.6) is 0 Å². The van der Waals surface area contributed by atoms with Crippen molar-refractivity contribution in [2.24, 2.45) is 17.3 Å². The van der Waals surface area contributed by atoms with Crippen LogP contribution in [0.1, 0.15) is 45.1 Å². The molecule has 2 fully saturated rings. The Morgan fingerprint density at radius 2 is 2.14 bits per heavy atom. The molecule has 2 aliphatic rings. The van der Waals surface area contributed by atoms with Gasteiger partial charge in [0, 0.05) is 8.99 Å². The summed E-state index contributed by atoms with van der Waals surface area (Å²) in [6.45, 7) is 4.22. The molecule has 118 valence electrons. The molecule has 2 nitrogen and oxygen atoms in total. The van der Waals surface area contributed by atoms with E-state index in [9.17, 15) is 9.90 Å². The van der Waals surface area contributed by atoms with Gasteiger partial charge < -0.3 is 5.11 Å². The van der Waals surface area contributed by atoms with E-state index in [1.54, 1.807) is 0 Å². The second kappa shape index (κ2) is 6.08. The Balaban J connectivity index is 1.90. The number of Topliss-reactive ketones (excluding diaryl/α,β-unsaturated/α-hetero) is 1. The SMILES string of the molecule is C[C@@H]1C(O)CC[C@]2(C)C(=O)C(=Cc3cccc(I)c3)CCC12. The molecule has 0 aromatic heterocycles. The lowest BCUT2D eigenvalue weighted by molar-refractivity contribution is -0.137. The van der Waals surface area contributed by atoms with Gasteiger partial charge in [-0.1, -0.05) is 26.0 Å². The molecule has 2 aliphatic carbocycles. The van der Waals surface area contributed by atoms with Crippen LogP contribution < -0.4 is 0 Å². The van der Waals surface area contributed by atoms with Crippen molar-refractivity contribution in [1.82, 2.24) is 0 Å². The number of halogens is 1. The van der Waals surface area contributed by atoms with Crippen molar-refractivity contribution in [3.8, 4) is 0 Å². The number of hydrogen-bond acceptors (Lipinski definition) is 2. The minimum atomic E-state index is -0.287. The Morgan fingerprint density at radius 3 is 2.86 bits per heavy atom. The third-order valence-corrected chi connectivity index (χ3v) is 6.42. The van der Waals surface area contributed by atoms with E-state index >= 15 is 0 Å². The molecule has 4 atom stereocenters. The average molecular weight is 410 g/mol. The molecule has 1 aromatic rings. The van der Waals surface area contributed by atoms with Crippen molar-refractivity contribution in [2.45, 2.75) is 45.6 Å². The van der Waals surface area contributed by atoms with E-state index < -0.39 is 0 Å². The van der Waals surface area contributed by atoms with Gasteiger partial charge in [-0.2, -0.15) is 0 Å². The first-order valence-electron chi connectivity index (χ1n) is 8.11. The molecule has 0 aliphatic heterocycles. The summed E-state index contributed by atoms with van der Waals surface area (Å²) in [5, 5.41) is 10.1. The molecule has 1 aromatic carbocycles. The van der Waals surface area contributed by atoms with Gasteiger partial charge in [0.25, 0.3) is 0 Å². The van der Waals surface area contributed by atoms with Gasteiger partial charge in [0.05, 0.1) is 6.10 Å². The van der Waals surface area contributed by atoms with Crippen molar-refractivity contribution in [1.29, 1.82) is 0 Å². The second-order valence-corrected chi connectivity index (χ2v) is 8.33. The first-order chi connectivity index (χ1) is 10.4. The lowest BCUT2D eigenvalue weighted by Crippen LogP contribution is -2.50. The van der Waals surface area contributed by atoms with Crippen LogP contribution in [0.4, 0.5) is 0 Å². The minimum absolute atomic E-state index is 0.224. The molecule has 3 rings (SSSR count). The van der Waals surface area contributed by atoms with Gasteiger partial charge in [-0.3, -0.25) is 4.79 Å². The van der Waals surface area contributed by atoms with E-state index in [4.69, 9.17) is 0 Å². The maximum absolute atomic E-state index is 13.1. The van der Waals surface area contributed by atoms with Crippen LogP contribution in [-0.4, -0.2) is 17.0 Å². The van der Waals surface area contributed by atoms with Gasteiger partial charge in [0.2, 0.25) is 0 Å². The van der Waals surface area contributed by atoms with Gasteiger partial charge in [-0.05, 0) is 89.5 Å². The topological polar surface area (TPSA) is 37.3 Å². The summed E-state index contributed by atoms with van der Waals surface area (Å²) >= 11 is 2.30. The number of carbonyl (C=O) groups excluding carboxylic acids is 1. The summed E-state index contributed by atoms with van der Waals surface area (Å²) < 4.78 is 1.19. The van der Waals surface area contributed by atoms with Gasteiger partial charge in [0.15, 0.2) is 5.78 Å². The Bertz CT molecular complexity index is 622. The van der Waals surface area contributed by atoms with Crippen LogP contribution in [0.25, 0.3) is 6.08 Å². The Hall–Kier alpha value is -0.680. The van der Waals surface area contributed by atoms with E-state index in [0.29, 0.717) is 11.7 Å². The quantitative estimate of drug-likeness (QED) is 0.549. The fourth-order valence-corrected chi connectivity index (χ4v) is 4.90. The van der Waals surface area contributed by atoms with Crippen molar-refractivity contribution >= 4 is 34.5 Å². The number of benzene rings is 1. The Kier molecular flexibility index (Phi) is 4.47. The first kappa shape index (κ1) is 16.2. The van der Waals surface area contributed by atoms with Gasteiger partial charge >= 0.3 is 0 Å². The normalized spacial score (nSPS) is 37.2. The number of ketones is 1. The minimum Gasteiger partial charge on any atom is -0.393 e. The number of fused-ring (bicyclic) bond motifs is 1. The molecular weight excluding hydrogens is 387 g/mol. The molecule has 0 bridgehead atoms. The van der Waals surface area contributed by atoms with Crippen LogP contribution in [0, 0.1) is 20.8 Å². The van der Waals surface area contributed by atoms with Crippen molar-refractivity contribution < 1.29 is 9.90 Å². The molecule has 0 saturated heterocycles. The molecule has 3 heteroatoms. The summed E-state index contributed by atoms with van der Waals surface area (Å²) in [5.41, 5.74) is 1.79. The smallest absolute Gasteiger partial charge is 0.165 e. The van der Waals surface area contributed by atoms with Gasteiger partial charge in [-0.25, -0.2) is 0 Å². The summed E-state index contributed by atoms with van der Waals surface area (Å²) in [5.74, 6) is 0.847. The van der Waals surface area contributed by atoms with Crippen LogP contribution in [-0.2, 0) is 4.79 Å². The van der Waals surface area contributed by atoms with Gasteiger partial charge in [0.1, 0.15) is 0 Å². The largest absolute Gasteiger partial charge is 0.393 e. The van der Waals surface area contributed by atoms with E-state index in [0.717, 1.165) is 36.8 Å². The monoisotopic (exact) mass is 410 g/mol. The number of rotatable bonds is 1. The summed E-state index contributed by atoms with van der Waals surface area (Å²) in [6, 6.07) is 8.27. The zero-order chi connectivity index (χ0) is 15.9. The predicted octanol–water partition coefficient (Wildman–Crippen LogP) is 4.45. The lowest BCUT2D eigenvalue weighted by atomic mass is 9.55. The lowest BCUT2D eigenvalue weighted by Gasteiger charge is -2.49. The molecule has 2 saturated carbocycles. The fourth-order valence-electron chi connectivity index (χ4n) is 4.33. The van der Waals surface area contributed by atoms with E-state index in [1.165, 1.54) is 3.57 Å². The highest BCUT2D eigenvalue weighted by Gasteiger charge is 2.51. The van der Waals surface area contributed by atoms with Crippen LogP contribution in [0.3, 0.4) is 0 Å². The molecule has 2 unspecified atom stereocenters. The molecular formula is C19H23IO2. The molecule has 22 heavy (non-hydrogen) atoms. The van der Waals surface area contributed by atoms with Crippen molar-refractivity contribution in [2.75, 3.05) is 0 Å². The first-order valence-corrected chi connectivity index (χ1v) is 9.19. The van der Waals surface area contributed by atoms with E-state index in [1.807, 2.05) is 6.07 Å². The van der Waals surface area contributed by atoms with Crippen LogP contribution >= 0.6 is 22.6 Å². The maximum atomic E-state index is 13.1. The highest BCUT2D eigenvalue weighted by Crippen LogP contribution is 2.52. The molecule has 0 heterocycles. The Morgan fingerprint density at radius 1 is 1.36 bits per heavy atom. The predicted molar refractivity (Wildman–Crippen MR) is 97.4 cm³/mol.